The molecule has 0 amide bonds. The van der Waals surface area contributed by atoms with Gasteiger partial charge in [0.15, 0.2) is 0 Å². The zero-order valence-corrected chi connectivity index (χ0v) is 13.6. The Morgan fingerprint density at radius 3 is 2.57 bits per heavy atom. The van der Waals surface area contributed by atoms with E-state index < -0.39 is 0 Å². The quantitative estimate of drug-likeness (QED) is 0.929. The normalized spacial score (nSPS) is 15.3. The maximum absolute atomic E-state index is 13.7. The Kier molecular flexibility index (Phi) is 5.05. The molecule has 0 saturated carbocycles. The van der Waals surface area contributed by atoms with Crippen LogP contribution in [0.1, 0.15) is 36.9 Å². The first kappa shape index (κ1) is 15.7. The molecule has 1 saturated heterocycles. The molecule has 122 valence electrons. The van der Waals surface area contributed by atoms with Crippen LogP contribution in [0.15, 0.2) is 30.3 Å². The van der Waals surface area contributed by atoms with Crippen LogP contribution in [0.4, 0.5) is 16.2 Å². The Labute approximate surface area is 136 Å². The van der Waals surface area contributed by atoms with Gasteiger partial charge in [-0.2, -0.15) is 4.98 Å². The highest BCUT2D eigenvalue weighted by Crippen LogP contribution is 2.19. The second-order valence-corrected chi connectivity index (χ2v) is 6.04. The molecule has 0 bridgehead atoms. The van der Waals surface area contributed by atoms with Crippen molar-refractivity contribution < 1.29 is 4.39 Å². The molecule has 2 aromatic rings. The highest BCUT2D eigenvalue weighted by atomic mass is 19.1. The van der Waals surface area contributed by atoms with E-state index in [0.29, 0.717) is 12.1 Å². The molecule has 0 spiro atoms. The number of hydrogen-bond acceptors (Lipinski definition) is 4. The van der Waals surface area contributed by atoms with E-state index in [-0.39, 0.29) is 5.82 Å². The third kappa shape index (κ3) is 4.18. The zero-order valence-electron chi connectivity index (χ0n) is 13.6. The van der Waals surface area contributed by atoms with Gasteiger partial charge in [-0.1, -0.05) is 31.0 Å². The van der Waals surface area contributed by atoms with E-state index in [1.54, 1.807) is 12.1 Å². The van der Waals surface area contributed by atoms with Crippen molar-refractivity contribution >= 4 is 11.8 Å². The van der Waals surface area contributed by atoms with Crippen molar-refractivity contribution in [1.82, 2.24) is 9.97 Å². The lowest BCUT2D eigenvalue weighted by molar-refractivity contribution is 0.613. The Balaban J connectivity index is 1.73. The van der Waals surface area contributed by atoms with Crippen LogP contribution >= 0.6 is 0 Å². The fraction of sp³-hybridized carbons (Fsp3) is 0.444. The predicted molar refractivity (Wildman–Crippen MR) is 91.2 cm³/mol. The summed E-state index contributed by atoms with van der Waals surface area (Å²) in [6.07, 6.45) is 4.94. The molecule has 4 nitrogen and oxygen atoms in total. The molecule has 1 aliphatic rings. The third-order valence-electron chi connectivity index (χ3n) is 4.15. The van der Waals surface area contributed by atoms with E-state index in [2.05, 4.69) is 20.2 Å². The highest BCUT2D eigenvalue weighted by Gasteiger charge is 2.14. The van der Waals surface area contributed by atoms with Crippen molar-refractivity contribution in [3.05, 3.63) is 47.4 Å². The lowest BCUT2D eigenvalue weighted by atomic mass is 10.2. The van der Waals surface area contributed by atoms with Crippen LogP contribution in [0.5, 0.6) is 0 Å². The topological polar surface area (TPSA) is 41.1 Å². The second kappa shape index (κ2) is 7.40. The van der Waals surface area contributed by atoms with E-state index in [4.69, 9.17) is 0 Å². The Morgan fingerprint density at radius 1 is 1.09 bits per heavy atom. The monoisotopic (exact) mass is 314 g/mol. The van der Waals surface area contributed by atoms with Gasteiger partial charge in [-0.3, -0.25) is 0 Å². The van der Waals surface area contributed by atoms with Gasteiger partial charge in [0.2, 0.25) is 5.95 Å². The summed E-state index contributed by atoms with van der Waals surface area (Å²) < 4.78 is 13.7. The van der Waals surface area contributed by atoms with Crippen molar-refractivity contribution in [2.75, 3.05) is 23.3 Å². The molecular formula is C18H23FN4. The number of nitrogens with one attached hydrogen (secondary N) is 1. The number of aromatic nitrogens is 2. The van der Waals surface area contributed by atoms with Crippen molar-refractivity contribution in [1.29, 1.82) is 0 Å². The molecule has 1 fully saturated rings. The van der Waals surface area contributed by atoms with Gasteiger partial charge in [0.25, 0.3) is 0 Å². The minimum atomic E-state index is -0.196. The van der Waals surface area contributed by atoms with Gasteiger partial charge < -0.3 is 10.2 Å². The van der Waals surface area contributed by atoms with Crippen molar-refractivity contribution in [2.45, 2.75) is 39.2 Å². The summed E-state index contributed by atoms with van der Waals surface area (Å²) in [7, 11) is 0. The molecule has 23 heavy (non-hydrogen) atoms. The first-order chi connectivity index (χ1) is 11.2. The molecule has 1 N–H and O–H groups in total. The van der Waals surface area contributed by atoms with Gasteiger partial charge in [0.1, 0.15) is 11.6 Å². The van der Waals surface area contributed by atoms with Gasteiger partial charge in [0, 0.05) is 37.0 Å². The third-order valence-corrected chi connectivity index (χ3v) is 4.15. The summed E-state index contributed by atoms with van der Waals surface area (Å²) in [4.78, 5) is 11.5. The first-order valence-corrected chi connectivity index (χ1v) is 8.30. The van der Waals surface area contributed by atoms with Gasteiger partial charge in [-0.15, -0.1) is 0 Å². The van der Waals surface area contributed by atoms with Crippen molar-refractivity contribution in [2.24, 2.45) is 0 Å². The summed E-state index contributed by atoms with van der Waals surface area (Å²) in [5.41, 5.74) is 1.57. The lowest BCUT2D eigenvalue weighted by Gasteiger charge is -2.21. The number of hydrogen-bond donors (Lipinski definition) is 1. The minimum Gasteiger partial charge on any atom is -0.366 e. The minimum absolute atomic E-state index is 0.196. The van der Waals surface area contributed by atoms with E-state index in [9.17, 15) is 4.39 Å². The molecule has 5 heteroatoms. The molecule has 0 aliphatic carbocycles. The summed E-state index contributed by atoms with van der Waals surface area (Å²) >= 11 is 0. The van der Waals surface area contributed by atoms with Crippen LogP contribution < -0.4 is 10.2 Å². The number of aryl methyl sites for hydroxylation is 1. The largest absolute Gasteiger partial charge is 0.366 e. The summed E-state index contributed by atoms with van der Waals surface area (Å²) in [6, 6.07) is 8.71. The van der Waals surface area contributed by atoms with E-state index in [1.165, 1.54) is 31.7 Å². The second-order valence-electron chi connectivity index (χ2n) is 6.04. The molecule has 3 rings (SSSR count). The Hall–Kier alpha value is -2.17. The highest BCUT2D eigenvalue weighted by molar-refractivity contribution is 5.44. The molecule has 0 radical (unpaired) electrons. The van der Waals surface area contributed by atoms with E-state index >= 15 is 0 Å². The predicted octanol–water partition coefficient (Wildman–Crippen LogP) is 3.92. The van der Waals surface area contributed by atoms with E-state index in [1.807, 2.05) is 19.1 Å². The lowest BCUT2D eigenvalue weighted by Crippen LogP contribution is -2.26. The maximum Gasteiger partial charge on any atom is 0.227 e. The van der Waals surface area contributed by atoms with Crippen molar-refractivity contribution in [3.8, 4) is 0 Å². The Bertz CT molecular complexity index is 651. The maximum atomic E-state index is 13.7. The average molecular weight is 314 g/mol. The molecule has 1 aromatic heterocycles. The number of benzene rings is 1. The van der Waals surface area contributed by atoms with Crippen LogP contribution in [0.2, 0.25) is 0 Å². The van der Waals surface area contributed by atoms with Gasteiger partial charge >= 0.3 is 0 Å². The molecular weight excluding hydrogens is 291 g/mol. The number of anilines is 2. The van der Waals surface area contributed by atoms with Crippen LogP contribution in [-0.4, -0.2) is 23.1 Å². The van der Waals surface area contributed by atoms with Gasteiger partial charge in [-0.05, 0) is 25.8 Å². The summed E-state index contributed by atoms with van der Waals surface area (Å²) in [5, 5.41) is 3.22. The number of halogens is 1. The Morgan fingerprint density at radius 2 is 1.83 bits per heavy atom. The SMILES string of the molecule is Cc1cc(NCc2ccccc2F)nc(N2CCCCCC2)n1. The van der Waals surface area contributed by atoms with Crippen molar-refractivity contribution in [3.63, 3.8) is 0 Å². The molecule has 0 atom stereocenters. The van der Waals surface area contributed by atoms with Gasteiger partial charge in [0.05, 0.1) is 0 Å². The average Bonchev–Trinajstić information content (AvgIpc) is 2.83. The van der Waals surface area contributed by atoms with Crippen LogP contribution in [-0.2, 0) is 6.54 Å². The molecule has 1 aliphatic heterocycles. The molecule has 0 unspecified atom stereocenters. The summed E-state index contributed by atoms with van der Waals surface area (Å²) in [5.74, 6) is 1.33. The zero-order chi connectivity index (χ0) is 16.1. The molecule has 2 heterocycles. The van der Waals surface area contributed by atoms with Gasteiger partial charge in [-0.25, -0.2) is 9.37 Å². The number of nitrogens with zero attached hydrogens (tertiary/aromatic N) is 3. The fourth-order valence-corrected chi connectivity index (χ4v) is 2.88. The van der Waals surface area contributed by atoms with Crippen LogP contribution in [0.3, 0.4) is 0 Å². The number of rotatable bonds is 4. The van der Waals surface area contributed by atoms with Crippen LogP contribution in [0, 0.1) is 12.7 Å². The van der Waals surface area contributed by atoms with Crippen LogP contribution in [0.25, 0.3) is 0 Å². The molecule has 1 aromatic carbocycles. The standard InChI is InChI=1S/C18H23FN4/c1-14-12-17(20-13-15-8-4-5-9-16(15)19)22-18(21-14)23-10-6-2-3-7-11-23/h4-5,8-9,12H,2-3,6-7,10-11,13H2,1H3,(H,20,21,22). The van der Waals surface area contributed by atoms with E-state index in [0.717, 1.165) is 30.5 Å². The first-order valence-electron chi connectivity index (χ1n) is 8.30. The summed E-state index contributed by atoms with van der Waals surface area (Å²) in [6.45, 7) is 4.41. The fourth-order valence-electron chi connectivity index (χ4n) is 2.88. The smallest absolute Gasteiger partial charge is 0.227 e.